The normalized spacial score (nSPS) is 10.9. The first-order chi connectivity index (χ1) is 14.1. The molecule has 0 heterocycles. The van der Waals surface area contributed by atoms with Gasteiger partial charge >= 0.3 is 0 Å². The molecular formula is C25H21BrClNO. The maximum atomic E-state index is 6.28. The van der Waals surface area contributed by atoms with Crippen LogP contribution in [0.2, 0.25) is 5.02 Å². The maximum absolute atomic E-state index is 6.28. The third kappa shape index (κ3) is 4.58. The van der Waals surface area contributed by atoms with Gasteiger partial charge in [-0.2, -0.15) is 0 Å². The van der Waals surface area contributed by atoms with E-state index in [0.717, 1.165) is 37.6 Å². The zero-order valence-corrected chi connectivity index (χ0v) is 18.4. The molecule has 2 nitrogen and oxygen atoms in total. The number of halogens is 2. The average molecular weight is 467 g/mol. The minimum absolute atomic E-state index is 0.523. The SMILES string of the molecule is Cc1c(Cl)cccc1NCc1c(OCc2ccc(Br)cc2)ccc2ccccc12. The first kappa shape index (κ1) is 19.8. The van der Waals surface area contributed by atoms with E-state index >= 15 is 0 Å². The Labute approximate surface area is 184 Å². The van der Waals surface area contributed by atoms with E-state index in [1.54, 1.807) is 0 Å². The highest BCUT2D eigenvalue weighted by molar-refractivity contribution is 9.10. The van der Waals surface area contributed by atoms with Gasteiger partial charge in [0.1, 0.15) is 12.4 Å². The van der Waals surface area contributed by atoms with Crippen LogP contribution in [0.15, 0.2) is 83.3 Å². The van der Waals surface area contributed by atoms with Gasteiger partial charge in [-0.25, -0.2) is 0 Å². The van der Waals surface area contributed by atoms with Crippen molar-refractivity contribution in [2.75, 3.05) is 5.32 Å². The maximum Gasteiger partial charge on any atom is 0.125 e. The number of ether oxygens (including phenoxy) is 1. The van der Waals surface area contributed by atoms with Crippen LogP contribution >= 0.6 is 27.5 Å². The summed E-state index contributed by atoms with van der Waals surface area (Å²) in [6.45, 7) is 3.20. The zero-order chi connectivity index (χ0) is 20.2. The highest BCUT2D eigenvalue weighted by Gasteiger charge is 2.11. The molecule has 4 heteroatoms. The van der Waals surface area contributed by atoms with Gasteiger partial charge < -0.3 is 10.1 Å². The van der Waals surface area contributed by atoms with Gasteiger partial charge in [-0.05, 0) is 59.2 Å². The van der Waals surface area contributed by atoms with Crippen molar-refractivity contribution in [3.05, 3.63) is 105 Å². The molecule has 4 aromatic rings. The first-order valence-corrected chi connectivity index (χ1v) is 10.7. The average Bonchev–Trinajstić information content (AvgIpc) is 2.74. The fourth-order valence-corrected chi connectivity index (χ4v) is 3.80. The lowest BCUT2D eigenvalue weighted by Gasteiger charge is -2.17. The molecule has 146 valence electrons. The van der Waals surface area contributed by atoms with Crippen LogP contribution in [0.3, 0.4) is 0 Å². The smallest absolute Gasteiger partial charge is 0.125 e. The van der Waals surface area contributed by atoms with E-state index in [-0.39, 0.29) is 0 Å². The molecule has 0 aliphatic rings. The summed E-state index contributed by atoms with van der Waals surface area (Å²) in [5, 5.41) is 6.69. The molecule has 4 aromatic carbocycles. The molecule has 29 heavy (non-hydrogen) atoms. The van der Waals surface area contributed by atoms with Crippen molar-refractivity contribution in [2.45, 2.75) is 20.1 Å². The van der Waals surface area contributed by atoms with Crippen LogP contribution in [-0.2, 0) is 13.2 Å². The fraction of sp³-hybridized carbons (Fsp3) is 0.120. The van der Waals surface area contributed by atoms with Crippen molar-refractivity contribution in [1.29, 1.82) is 0 Å². The summed E-state index contributed by atoms with van der Waals surface area (Å²) in [4.78, 5) is 0. The molecule has 0 fully saturated rings. The van der Waals surface area contributed by atoms with Gasteiger partial charge in [0, 0.05) is 27.3 Å². The van der Waals surface area contributed by atoms with Crippen molar-refractivity contribution in [3.63, 3.8) is 0 Å². The molecule has 0 amide bonds. The second-order valence-corrected chi connectivity index (χ2v) is 8.27. The number of rotatable bonds is 6. The molecule has 1 N–H and O–H groups in total. The van der Waals surface area contributed by atoms with Gasteiger partial charge in [-0.3, -0.25) is 0 Å². The summed E-state index contributed by atoms with van der Waals surface area (Å²) >= 11 is 9.76. The van der Waals surface area contributed by atoms with E-state index in [1.165, 1.54) is 10.8 Å². The van der Waals surface area contributed by atoms with Gasteiger partial charge in [0.05, 0.1) is 0 Å². The fourth-order valence-electron chi connectivity index (χ4n) is 3.36. The van der Waals surface area contributed by atoms with Crippen molar-refractivity contribution < 1.29 is 4.74 Å². The molecule has 4 rings (SSSR count). The lowest BCUT2D eigenvalue weighted by Crippen LogP contribution is -2.05. The van der Waals surface area contributed by atoms with Crippen LogP contribution in [0.5, 0.6) is 5.75 Å². The summed E-state index contributed by atoms with van der Waals surface area (Å²) in [5.74, 6) is 0.888. The van der Waals surface area contributed by atoms with Crippen LogP contribution in [0.1, 0.15) is 16.7 Å². The number of benzene rings is 4. The van der Waals surface area contributed by atoms with Crippen LogP contribution in [0.4, 0.5) is 5.69 Å². The van der Waals surface area contributed by atoms with Gasteiger partial charge in [-0.1, -0.05) is 76.1 Å². The number of hydrogen-bond acceptors (Lipinski definition) is 2. The Morgan fingerprint density at radius 3 is 2.52 bits per heavy atom. The molecule has 0 aliphatic heterocycles. The highest BCUT2D eigenvalue weighted by atomic mass is 79.9. The van der Waals surface area contributed by atoms with Crippen molar-refractivity contribution in [2.24, 2.45) is 0 Å². The molecule has 0 bridgehead atoms. The summed E-state index contributed by atoms with van der Waals surface area (Å²) in [7, 11) is 0. The predicted octanol–water partition coefficient (Wildman–Crippen LogP) is 7.76. The van der Waals surface area contributed by atoms with Crippen LogP contribution in [0.25, 0.3) is 10.8 Å². The molecule has 0 unspecified atom stereocenters. The lowest BCUT2D eigenvalue weighted by atomic mass is 10.0. The monoisotopic (exact) mass is 465 g/mol. The number of anilines is 1. The quantitative estimate of drug-likeness (QED) is 0.313. The van der Waals surface area contributed by atoms with E-state index in [9.17, 15) is 0 Å². The highest BCUT2D eigenvalue weighted by Crippen LogP contribution is 2.31. The summed E-state index contributed by atoms with van der Waals surface area (Å²) < 4.78 is 7.30. The van der Waals surface area contributed by atoms with Crippen molar-refractivity contribution >= 4 is 44.0 Å². The molecular weight excluding hydrogens is 446 g/mol. The number of fused-ring (bicyclic) bond motifs is 1. The second kappa shape index (κ2) is 8.89. The molecule has 0 aromatic heterocycles. The van der Waals surface area contributed by atoms with E-state index in [2.05, 4.69) is 75.8 Å². The second-order valence-electron chi connectivity index (χ2n) is 6.94. The molecule has 0 saturated carbocycles. The largest absolute Gasteiger partial charge is 0.489 e. The first-order valence-electron chi connectivity index (χ1n) is 9.48. The standard InChI is InChI=1S/C25H21BrClNO/c1-17-23(27)7-4-8-24(17)28-15-22-21-6-3-2-5-19(21)11-14-25(22)29-16-18-9-12-20(26)13-10-18/h2-14,28H,15-16H2,1H3. The van der Waals surface area contributed by atoms with Crippen molar-refractivity contribution in [3.8, 4) is 5.75 Å². The van der Waals surface area contributed by atoms with Gasteiger partial charge in [-0.15, -0.1) is 0 Å². The van der Waals surface area contributed by atoms with Crippen LogP contribution < -0.4 is 10.1 Å². The molecule has 0 spiro atoms. The summed E-state index contributed by atoms with van der Waals surface area (Å²) in [6, 6.07) is 26.7. The lowest BCUT2D eigenvalue weighted by molar-refractivity contribution is 0.304. The predicted molar refractivity (Wildman–Crippen MR) is 126 cm³/mol. The minimum atomic E-state index is 0.523. The molecule has 0 atom stereocenters. The zero-order valence-electron chi connectivity index (χ0n) is 16.1. The Morgan fingerprint density at radius 1 is 0.897 bits per heavy atom. The van der Waals surface area contributed by atoms with E-state index in [1.807, 2.05) is 31.2 Å². The topological polar surface area (TPSA) is 21.3 Å². The molecule has 0 radical (unpaired) electrons. The van der Waals surface area contributed by atoms with Crippen LogP contribution in [-0.4, -0.2) is 0 Å². The third-order valence-corrected chi connectivity index (χ3v) is 5.97. The summed E-state index contributed by atoms with van der Waals surface area (Å²) in [5.41, 5.74) is 4.35. The Balaban J connectivity index is 1.63. The molecule has 0 aliphatic carbocycles. The summed E-state index contributed by atoms with van der Waals surface area (Å²) in [6.07, 6.45) is 0. The van der Waals surface area contributed by atoms with Gasteiger partial charge in [0.25, 0.3) is 0 Å². The van der Waals surface area contributed by atoms with Crippen LogP contribution in [0, 0.1) is 6.92 Å². The Morgan fingerprint density at radius 2 is 1.69 bits per heavy atom. The third-order valence-electron chi connectivity index (χ3n) is 5.03. The Kier molecular flexibility index (Phi) is 6.08. The minimum Gasteiger partial charge on any atom is -0.489 e. The Bertz CT molecular complexity index is 1140. The molecule has 0 saturated heterocycles. The van der Waals surface area contributed by atoms with E-state index < -0.39 is 0 Å². The van der Waals surface area contributed by atoms with E-state index in [4.69, 9.17) is 16.3 Å². The van der Waals surface area contributed by atoms with Gasteiger partial charge in [0.15, 0.2) is 0 Å². The van der Waals surface area contributed by atoms with E-state index in [0.29, 0.717) is 13.2 Å². The van der Waals surface area contributed by atoms with Crippen molar-refractivity contribution in [1.82, 2.24) is 0 Å². The van der Waals surface area contributed by atoms with Gasteiger partial charge in [0.2, 0.25) is 0 Å². The number of nitrogens with one attached hydrogen (secondary N) is 1. The Hall–Kier alpha value is -2.49. The number of hydrogen-bond donors (Lipinski definition) is 1.